The topological polar surface area (TPSA) is 124 Å². The highest BCUT2D eigenvalue weighted by atomic mass is 32.2. The zero-order chi connectivity index (χ0) is 16.0. The van der Waals surface area contributed by atoms with Crippen LogP contribution < -0.4 is 5.32 Å². The Morgan fingerprint density at radius 1 is 1.40 bits per heavy atom. The van der Waals surface area contributed by atoms with E-state index in [1.165, 1.54) is 0 Å². The van der Waals surface area contributed by atoms with E-state index in [1.54, 1.807) is 13.8 Å². The van der Waals surface area contributed by atoms with Gasteiger partial charge in [-0.25, -0.2) is 13.2 Å². The molecule has 0 radical (unpaired) electrons. The second-order valence-corrected chi connectivity index (χ2v) is 7.53. The van der Waals surface area contributed by atoms with Crippen LogP contribution in [0, 0.1) is 16.7 Å². The second kappa shape index (κ2) is 7.24. The Kier molecular flexibility index (Phi) is 6.65. The number of nitriles is 1. The Labute approximate surface area is 118 Å². The highest BCUT2D eigenvalue weighted by Gasteiger charge is 2.26. The van der Waals surface area contributed by atoms with Crippen LogP contribution in [-0.2, 0) is 19.4 Å². The lowest BCUT2D eigenvalue weighted by Crippen LogP contribution is -2.44. The van der Waals surface area contributed by atoms with Gasteiger partial charge in [-0.1, -0.05) is 0 Å². The summed E-state index contributed by atoms with van der Waals surface area (Å²) in [7, 11) is -3.61. The van der Waals surface area contributed by atoms with Crippen LogP contribution in [0.15, 0.2) is 0 Å². The molecule has 1 unspecified atom stereocenters. The fourth-order valence-electron chi connectivity index (χ4n) is 1.55. The van der Waals surface area contributed by atoms with E-state index in [4.69, 9.17) is 10.4 Å². The normalized spacial score (nSPS) is 13.3. The molecule has 0 saturated heterocycles. The molecule has 20 heavy (non-hydrogen) atoms. The molecule has 114 valence electrons. The highest BCUT2D eigenvalue weighted by molar-refractivity contribution is 7.91. The van der Waals surface area contributed by atoms with Crippen LogP contribution in [0.4, 0.5) is 0 Å². The van der Waals surface area contributed by atoms with Crippen molar-refractivity contribution in [1.82, 2.24) is 5.32 Å². The molecule has 0 aromatic carbocycles. The molecule has 8 heteroatoms. The first-order valence-electron chi connectivity index (χ1n) is 6.11. The lowest BCUT2D eigenvalue weighted by molar-refractivity contribution is -0.140. The van der Waals surface area contributed by atoms with Crippen LogP contribution in [0.3, 0.4) is 0 Å². The first kappa shape index (κ1) is 18.4. The monoisotopic (exact) mass is 304 g/mol. The van der Waals surface area contributed by atoms with Crippen molar-refractivity contribution in [2.45, 2.75) is 39.7 Å². The predicted molar refractivity (Wildman–Crippen MR) is 72.5 cm³/mol. The van der Waals surface area contributed by atoms with Gasteiger partial charge in [0.25, 0.3) is 0 Å². The average molecular weight is 304 g/mol. The molecule has 0 fully saturated rings. The number of hydrogen-bond acceptors (Lipinski definition) is 5. The third-order valence-corrected chi connectivity index (χ3v) is 4.41. The van der Waals surface area contributed by atoms with Crippen molar-refractivity contribution in [3.05, 3.63) is 0 Å². The summed E-state index contributed by atoms with van der Waals surface area (Å²) in [6.45, 7) is 4.53. The molecule has 0 spiro atoms. The fourth-order valence-corrected chi connectivity index (χ4v) is 3.03. The predicted octanol–water partition coefficient (Wildman–Crippen LogP) is 0.320. The molecule has 0 aliphatic rings. The zero-order valence-electron chi connectivity index (χ0n) is 11.8. The third kappa shape index (κ3) is 7.74. The lowest BCUT2D eigenvalue weighted by Gasteiger charge is -2.16. The average Bonchev–Trinajstić information content (AvgIpc) is 2.26. The molecule has 0 aliphatic heterocycles. The van der Waals surface area contributed by atoms with Gasteiger partial charge in [-0.15, -0.1) is 0 Å². The fraction of sp³-hybridized carbons (Fsp3) is 0.750. The molecule has 7 nitrogen and oxygen atoms in total. The second-order valence-electron chi connectivity index (χ2n) is 5.30. The summed E-state index contributed by atoms with van der Waals surface area (Å²) < 4.78 is 23.6. The number of nitrogens with one attached hydrogen (secondary N) is 1. The number of aliphatic carboxylic acids is 1. The molecule has 0 aliphatic carbocycles. The zero-order valence-corrected chi connectivity index (χ0v) is 12.7. The van der Waals surface area contributed by atoms with Crippen molar-refractivity contribution in [2.24, 2.45) is 5.41 Å². The lowest BCUT2D eigenvalue weighted by atomic mass is 9.90. The number of carbonyl (C=O) groups excluding carboxylic acids is 1. The maximum atomic E-state index is 11.8. The van der Waals surface area contributed by atoms with Crippen LogP contribution in [0.5, 0.6) is 0 Å². The standard InChI is InChI=1S/C12H20N2O5S/c1-9(15)14-10(11(16)17)7-20(18,19)6-4-5-12(2,3)8-13/h10H,4-7H2,1-3H3,(H,14,15)(H,16,17). The number of carboxylic acids is 1. The van der Waals surface area contributed by atoms with Crippen LogP contribution in [-0.4, -0.2) is 42.9 Å². The summed E-state index contributed by atoms with van der Waals surface area (Å²) >= 11 is 0. The Morgan fingerprint density at radius 2 is 1.95 bits per heavy atom. The smallest absolute Gasteiger partial charge is 0.327 e. The van der Waals surface area contributed by atoms with Crippen LogP contribution in [0.2, 0.25) is 0 Å². The van der Waals surface area contributed by atoms with E-state index in [2.05, 4.69) is 11.4 Å². The molecule has 1 amide bonds. The highest BCUT2D eigenvalue weighted by Crippen LogP contribution is 2.21. The van der Waals surface area contributed by atoms with Gasteiger partial charge in [0.05, 0.1) is 23.0 Å². The van der Waals surface area contributed by atoms with Gasteiger partial charge in [0.1, 0.15) is 6.04 Å². The van der Waals surface area contributed by atoms with Gasteiger partial charge in [-0.3, -0.25) is 4.79 Å². The summed E-state index contributed by atoms with van der Waals surface area (Å²) in [5.74, 6) is -2.84. The van der Waals surface area contributed by atoms with E-state index in [1.807, 2.05) is 0 Å². The summed E-state index contributed by atoms with van der Waals surface area (Å²) in [5, 5.41) is 19.8. The number of carbonyl (C=O) groups is 2. The van der Waals surface area contributed by atoms with Gasteiger partial charge in [0, 0.05) is 6.92 Å². The summed E-state index contributed by atoms with van der Waals surface area (Å²) in [6.07, 6.45) is 0.676. The molecule has 0 bridgehead atoms. The van der Waals surface area contributed by atoms with Crippen molar-refractivity contribution in [3.63, 3.8) is 0 Å². The number of nitrogens with zero attached hydrogens (tertiary/aromatic N) is 1. The van der Waals surface area contributed by atoms with Crippen molar-refractivity contribution in [3.8, 4) is 6.07 Å². The number of carboxylic acid groups (broad SMARTS) is 1. The van der Waals surface area contributed by atoms with Gasteiger partial charge in [-0.05, 0) is 26.7 Å². The maximum absolute atomic E-state index is 11.8. The van der Waals surface area contributed by atoms with E-state index >= 15 is 0 Å². The quantitative estimate of drug-likeness (QED) is 0.665. The van der Waals surface area contributed by atoms with Gasteiger partial charge in [0.15, 0.2) is 9.84 Å². The minimum Gasteiger partial charge on any atom is -0.480 e. The Hall–Kier alpha value is -1.62. The van der Waals surface area contributed by atoms with Crippen LogP contribution in [0.1, 0.15) is 33.6 Å². The summed E-state index contributed by atoms with van der Waals surface area (Å²) in [4.78, 5) is 21.7. The Morgan fingerprint density at radius 3 is 2.35 bits per heavy atom. The van der Waals surface area contributed by atoms with Crippen molar-refractivity contribution >= 4 is 21.7 Å². The molecule has 0 aromatic rings. The minimum atomic E-state index is -3.61. The number of hydrogen-bond donors (Lipinski definition) is 2. The number of sulfone groups is 1. The molecular weight excluding hydrogens is 284 g/mol. The van der Waals surface area contributed by atoms with Crippen LogP contribution in [0.25, 0.3) is 0 Å². The van der Waals surface area contributed by atoms with E-state index in [9.17, 15) is 18.0 Å². The summed E-state index contributed by atoms with van der Waals surface area (Å²) in [6, 6.07) is 0.624. The third-order valence-electron chi connectivity index (χ3n) is 2.66. The van der Waals surface area contributed by atoms with E-state index < -0.39 is 38.9 Å². The largest absolute Gasteiger partial charge is 0.480 e. The molecule has 2 N–H and O–H groups in total. The molecule has 0 aromatic heterocycles. The first-order valence-corrected chi connectivity index (χ1v) is 7.93. The van der Waals surface area contributed by atoms with E-state index in [0.717, 1.165) is 6.92 Å². The van der Waals surface area contributed by atoms with Crippen molar-refractivity contribution < 1.29 is 23.1 Å². The molecular formula is C12H20N2O5S. The van der Waals surface area contributed by atoms with Crippen molar-refractivity contribution in [1.29, 1.82) is 5.26 Å². The number of rotatable bonds is 8. The van der Waals surface area contributed by atoms with E-state index in [-0.39, 0.29) is 12.2 Å². The molecule has 0 rings (SSSR count). The van der Waals surface area contributed by atoms with Gasteiger partial charge in [-0.2, -0.15) is 5.26 Å². The van der Waals surface area contributed by atoms with Crippen molar-refractivity contribution in [2.75, 3.05) is 11.5 Å². The first-order chi connectivity index (χ1) is 8.99. The van der Waals surface area contributed by atoms with E-state index in [0.29, 0.717) is 6.42 Å². The Bertz CT molecular complexity index is 504. The SMILES string of the molecule is CC(=O)NC(CS(=O)(=O)CCCC(C)(C)C#N)C(=O)O. The molecule has 1 atom stereocenters. The van der Waals surface area contributed by atoms with Gasteiger partial charge >= 0.3 is 5.97 Å². The minimum absolute atomic E-state index is 0.207. The number of amides is 1. The maximum Gasteiger partial charge on any atom is 0.327 e. The molecule has 0 saturated carbocycles. The molecule has 0 heterocycles. The van der Waals surface area contributed by atoms with Gasteiger partial charge < -0.3 is 10.4 Å². The Balaban J connectivity index is 4.54. The summed E-state index contributed by atoms with van der Waals surface area (Å²) in [5.41, 5.74) is -0.612. The van der Waals surface area contributed by atoms with Gasteiger partial charge in [0.2, 0.25) is 5.91 Å². The van der Waals surface area contributed by atoms with Crippen LogP contribution >= 0.6 is 0 Å².